The Balaban J connectivity index is 1.26. The molecule has 170 valence electrons. The molecule has 0 atom stereocenters. The van der Waals surface area contributed by atoms with E-state index in [0.717, 1.165) is 41.8 Å². The van der Waals surface area contributed by atoms with Crippen LogP contribution in [0.25, 0.3) is 21.3 Å². The lowest BCUT2D eigenvalue weighted by Gasteiger charge is -2.26. The van der Waals surface area contributed by atoms with E-state index in [2.05, 4.69) is 15.3 Å². The standard InChI is InChI=1S/C26H22N4O3S/c31-25(30-13-5-2-6-14-30)23-16-20-24(34-23)22(11-12-27-20)32-18-9-10-21-19(15-18)29-26(33-21)28-17-7-3-1-4-8-17/h1,3-4,7-12,15-16H,2,5-6,13-14H2,(H,28,29). The number of rotatable bonds is 5. The summed E-state index contributed by atoms with van der Waals surface area (Å²) < 4.78 is 12.9. The SMILES string of the molecule is O=C(c1cc2nccc(Oc3ccc4oc(Nc5ccccc5)nc4c3)c2s1)N1CCCCC1. The zero-order valence-electron chi connectivity index (χ0n) is 18.4. The summed E-state index contributed by atoms with van der Waals surface area (Å²) in [5, 5.41) is 3.17. The van der Waals surface area contributed by atoms with Gasteiger partial charge in [-0.15, -0.1) is 11.3 Å². The number of pyridine rings is 1. The minimum Gasteiger partial charge on any atom is -0.456 e. The van der Waals surface area contributed by atoms with Gasteiger partial charge in [0.25, 0.3) is 11.9 Å². The van der Waals surface area contributed by atoms with E-state index in [9.17, 15) is 4.79 Å². The number of piperidine rings is 1. The molecule has 1 saturated heterocycles. The van der Waals surface area contributed by atoms with Gasteiger partial charge >= 0.3 is 0 Å². The number of thiophene rings is 1. The number of hydrogen-bond donors (Lipinski definition) is 1. The highest BCUT2D eigenvalue weighted by Gasteiger charge is 2.21. The summed E-state index contributed by atoms with van der Waals surface area (Å²) in [5.41, 5.74) is 3.02. The third-order valence-corrected chi connectivity index (χ3v) is 6.97. The van der Waals surface area contributed by atoms with E-state index < -0.39 is 0 Å². The first-order chi connectivity index (χ1) is 16.7. The zero-order chi connectivity index (χ0) is 22.9. The molecule has 0 aliphatic carbocycles. The van der Waals surface area contributed by atoms with Crippen LogP contribution in [-0.2, 0) is 0 Å². The van der Waals surface area contributed by atoms with E-state index in [-0.39, 0.29) is 5.91 Å². The number of benzene rings is 2. The first-order valence-corrected chi connectivity index (χ1v) is 12.1. The van der Waals surface area contributed by atoms with Crippen LogP contribution in [-0.4, -0.2) is 33.9 Å². The Morgan fingerprint density at radius 3 is 2.71 bits per heavy atom. The molecule has 4 heterocycles. The Morgan fingerprint density at radius 1 is 1.00 bits per heavy atom. The fourth-order valence-corrected chi connectivity index (χ4v) is 5.18. The van der Waals surface area contributed by atoms with Gasteiger partial charge in [-0.1, -0.05) is 18.2 Å². The summed E-state index contributed by atoms with van der Waals surface area (Å²) in [6, 6.07) is 19.4. The number of hydrogen-bond acceptors (Lipinski definition) is 7. The van der Waals surface area contributed by atoms with Gasteiger partial charge in [0.15, 0.2) is 5.58 Å². The van der Waals surface area contributed by atoms with Gasteiger partial charge in [-0.3, -0.25) is 9.78 Å². The molecule has 6 rings (SSSR count). The molecule has 0 bridgehead atoms. The van der Waals surface area contributed by atoms with Gasteiger partial charge in [0.2, 0.25) is 0 Å². The maximum atomic E-state index is 13.0. The molecule has 7 nitrogen and oxygen atoms in total. The number of para-hydroxylation sites is 1. The molecule has 1 aliphatic rings. The van der Waals surface area contributed by atoms with Crippen molar-refractivity contribution in [3.63, 3.8) is 0 Å². The van der Waals surface area contributed by atoms with Crippen LogP contribution in [0.2, 0.25) is 0 Å². The van der Waals surface area contributed by atoms with E-state index >= 15 is 0 Å². The number of nitrogens with one attached hydrogen (secondary N) is 1. The van der Waals surface area contributed by atoms with Gasteiger partial charge in [0.1, 0.15) is 17.0 Å². The predicted molar refractivity (Wildman–Crippen MR) is 133 cm³/mol. The predicted octanol–water partition coefficient (Wildman–Crippen LogP) is 6.60. The quantitative estimate of drug-likeness (QED) is 0.312. The average molecular weight is 471 g/mol. The van der Waals surface area contributed by atoms with Crippen molar-refractivity contribution in [3.8, 4) is 11.5 Å². The van der Waals surface area contributed by atoms with Crippen molar-refractivity contribution in [2.24, 2.45) is 0 Å². The first kappa shape index (κ1) is 20.7. The van der Waals surface area contributed by atoms with E-state index in [0.29, 0.717) is 33.5 Å². The highest BCUT2D eigenvalue weighted by Crippen LogP contribution is 2.36. The molecule has 0 spiro atoms. The molecule has 34 heavy (non-hydrogen) atoms. The number of nitrogens with zero attached hydrogens (tertiary/aromatic N) is 3. The highest BCUT2D eigenvalue weighted by atomic mass is 32.1. The third kappa shape index (κ3) is 4.08. The van der Waals surface area contributed by atoms with Crippen LogP contribution < -0.4 is 10.1 Å². The molecule has 8 heteroatoms. The smallest absolute Gasteiger partial charge is 0.300 e. The van der Waals surface area contributed by atoms with Crippen molar-refractivity contribution in [2.75, 3.05) is 18.4 Å². The highest BCUT2D eigenvalue weighted by molar-refractivity contribution is 7.21. The molecular formula is C26H22N4O3S. The summed E-state index contributed by atoms with van der Waals surface area (Å²) in [4.78, 5) is 24.6. The molecule has 3 aromatic heterocycles. The van der Waals surface area contributed by atoms with Gasteiger partial charge in [-0.05, 0) is 49.6 Å². The lowest BCUT2D eigenvalue weighted by atomic mass is 10.1. The summed E-state index contributed by atoms with van der Waals surface area (Å²) in [7, 11) is 0. The second kappa shape index (κ2) is 8.79. The van der Waals surface area contributed by atoms with Gasteiger partial charge in [0, 0.05) is 37.1 Å². The Hall–Kier alpha value is -3.91. The monoisotopic (exact) mass is 470 g/mol. The number of fused-ring (bicyclic) bond motifs is 2. The van der Waals surface area contributed by atoms with Gasteiger partial charge in [-0.2, -0.15) is 4.98 Å². The van der Waals surface area contributed by atoms with Crippen molar-refractivity contribution in [1.29, 1.82) is 0 Å². The molecule has 1 fully saturated rings. The Kier molecular flexibility index (Phi) is 5.35. The van der Waals surface area contributed by atoms with Crippen LogP contribution in [0.1, 0.15) is 28.9 Å². The number of amides is 1. The van der Waals surface area contributed by atoms with Gasteiger partial charge in [-0.25, -0.2) is 0 Å². The van der Waals surface area contributed by atoms with Crippen molar-refractivity contribution in [2.45, 2.75) is 19.3 Å². The average Bonchev–Trinajstić information content (AvgIpc) is 3.49. The van der Waals surface area contributed by atoms with Crippen molar-refractivity contribution >= 4 is 50.3 Å². The third-order valence-electron chi connectivity index (χ3n) is 5.84. The van der Waals surface area contributed by atoms with Crippen LogP contribution in [0.15, 0.2) is 71.3 Å². The summed E-state index contributed by atoms with van der Waals surface area (Å²) in [6.07, 6.45) is 5.03. The number of carbonyl (C=O) groups excluding carboxylic acids is 1. The molecule has 1 amide bonds. The Bertz CT molecular complexity index is 1470. The molecule has 0 radical (unpaired) electrons. The molecule has 0 saturated carbocycles. The summed E-state index contributed by atoms with van der Waals surface area (Å²) in [6.45, 7) is 1.64. The summed E-state index contributed by atoms with van der Waals surface area (Å²) >= 11 is 1.43. The van der Waals surface area contributed by atoms with Crippen LogP contribution >= 0.6 is 11.3 Å². The lowest BCUT2D eigenvalue weighted by Crippen LogP contribution is -2.35. The molecule has 1 N–H and O–H groups in total. The zero-order valence-corrected chi connectivity index (χ0v) is 19.2. The molecule has 2 aromatic carbocycles. The van der Waals surface area contributed by atoms with E-state index in [1.54, 1.807) is 6.20 Å². The number of carbonyl (C=O) groups is 1. The molecule has 1 aliphatic heterocycles. The van der Waals surface area contributed by atoms with E-state index in [4.69, 9.17) is 9.15 Å². The van der Waals surface area contributed by atoms with Crippen LogP contribution in [0, 0.1) is 0 Å². The lowest BCUT2D eigenvalue weighted by molar-refractivity contribution is 0.0729. The fourth-order valence-electron chi connectivity index (χ4n) is 4.15. The topological polar surface area (TPSA) is 80.5 Å². The molecule has 5 aromatic rings. The van der Waals surface area contributed by atoms with Crippen LogP contribution in [0.4, 0.5) is 11.7 Å². The summed E-state index contributed by atoms with van der Waals surface area (Å²) in [5.74, 6) is 1.38. The van der Waals surface area contributed by atoms with Crippen LogP contribution in [0.3, 0.4) is 0 Å². The largest absolute Gasteiger partial charge is 0.456 e. The second-order valence-corrected chi connectivity index (χ2v) is 9.28. The van der Waals surface area contributed by atoms with Crippen molar-refractivity contribution in [3.05, 3.63) is 71.7 Å². The second-order valence-electron chi connectivity index (χ2n) is 8.23. The maximum absolute atomic E-state index is 13.0. The van der Waals surface area contributed by atoms with E-state index in [1.807, 2.05) is 65.6 Å². The number of aromatic nitrogens is 2. The van der Waals surface area contributed by atoms with Crippen molar-refractivity contribution < 1.29 is 13.9 Å². The first-order valence-electron chi connectivity index (χ1n) is 11.3. The Labute approximate surface area is 200 Å². The number of anilines is 2. The fraction of sp³-hybridized carbons (Fsp3) is 0.192. The molecular weight excluding hydrogens is 448 g/mol. The minimum absolute atomic E-state index is 0.0797. The van der Waals surface area contributed by atoms with Gasteiger partial charge < -0.3 is 19.4 Å². The van der Waals surface area contributed by atoms with Crippen LogP contribution in [0.5, 0.6) is 11.5 Å². The minimum atomic E-state index is 0.0797. The maximum Gasteiger partial charge on any atom is 0.300 e. The molecule has 0 unspecified atom stereocenters. The normalized spacial score (nSPS) is 13.9. The number of likely N-dealkylation sites (tertiary alicyclic amines) is 1. The number of oxazole rings is 1. The number of ether oxygens (including phenoxy) is 1. The van der Waals surface area contributed by atoms with Gasteiger partial charge in [0.05, 0.1) is 15.1 Å². The Morgan fingerprint density at radius 2 is 1.85 bits per heavy atom. The van der Waals surface area contributed by atoms with Crippen molar-refractivity contribution in [1.82, 2.24) is 14.9 Å². The van der Waals surface area contributed by atoms with E-state index in [1.165, 1.54) is 17.8 Å².